The van der Waals surface area contributed by atoms with E-state index >= 15 is 0 Å². The van der Waals surface area contributed by atoms with E-state index in [-0.39, 0.29) is 11.9 Å². The minimum atomic E-state index is -0.181. The lowest BCUT2D eigenvalue weighted by Gasteiger charge is -2.12. The number of carbonyl (C=O) groups excluding carboxylic acids is 1. The molecule has 1 aromatic carbocycles. The fraction of sp³-hybridized carbons (Fsp3) is 0.389. The molecule has 0 spiro atoms. The maximum Gasteiger partial charge on any atom is 0.270 e. The zero-order valence-corrected chi connectivity index (χ0v) is 14.4. The van der Waals surface area contributed by atoms with Crippen molar-refractivity contribution < 1.29 is 9.53 Å². The van der Waals surface area contributed by atoms with Gasteiger partial charge in [-0.1, -0.05) is 25.1 Å². The van der Waals surface area contributed by atoms with Crippen molar-refractivity contribution in [2.45, 2.75) is 32.7 Å². The number of nitrogens with zero attached hydrogens (tertiary/aromatic N) is 2. The van der Waals surface area contributed by atoms with Crippen molar-refractivity contribution in [2.24, 2.45) is 0 Å². The van der Waals surface area contributed by atoms with Crippen LogP contribution in [0.25, 0.3) is 0 Å². The topological polar surface area (TPSA) is 76.1 Å². The first-order valence-electron chi connectivity index (χ1n) is 8.13. The van der Waals surface area contributed by atoms with Gasteiger partial charge in [0.1, 0.15) is 11.4 Å². The van der Waals surface area contributed by atoms with E-state index in [1.54, 1.807) is 19.4 Å². The molecule has 0 bridgehead atoms. The molecule has 1 aromatic heterocycles. The van der Waals surface area contributed by atoms with Gasteiger partial charge in [0.05, 0.1) is 7.11 Å². The van der Waals surface area contributed by atoms with Gasteiger partial charge in [0, 0.05) is 18.8 Å². The third-order valence-corrected chi connectivity index (χ3v) is 3.75. The molecule has 0 aliphatic heterocycles. The normalized spacial score (nSPS) is 11.6. The van der Waals surface area contributed by atoms with Crippen LogP contribution in [0.15, 0.2) is 36.5 Å². The first kappa shape index (κ1) is 17.7. The zero-order chi connectivity index (χ0) is 17.4. The largest absolute Gasteiger partial charge is 0.496 e. The van der Waals surface area contributed by atoms with Gasteiger partial charge in [-0.3, -0.25) is 4.79 Å². The Labute approximate surface area is 142 Å². The molecule has 0 radical (unpaired) electrons. The minimum Gasteiger partial charge on any atom is -0.496 e. The second-order valence-electron chi connectivity index (χ2n) is 5.54. The maximum absolute atomic E-state index is 12.1. The van der Waals surface area contributed by atoms with Crippen molar-refractivity contribution in [1.29, 1.82) is 0 Å². The minimum absolute atomic E-state index is 0.120. The molecule has 2 rings (SSSR count). The number of nitrogens with one attached hydrogen (secondary N) is 2. The number of hydrogen-bond acceptors (Lipinski definition) is 5. The van der Waals surface area contributed by atoms with Crippen LogP contribution >= 0.6 is 0 Å². The summed E-state index contributed by atoms with van der Waals surface area (Å²) in [6, 6.07) is 9.62. The number of ether oxygens (including phenoxy) is 1. The molecule has 6 nitrogen and oxygen atoms in total. The summed E-state index contributed by atoms with van der Waals surface area (Å²) in [7, 11) is 1.66. The quantitative estimate of drug-likeness (QED) is 0.779. The molecule has 0 aliphatic rings. The van der Waals surface area contributed by atoms with Crippen LogP contribution in [0, 0.1) is 0 Å². The smallest absolute Gasteiger partial charge is 0.270 e. The summed E-state index contributed by atoms with van der Waals surface area (Å²) in [4.78, 5) is 20.5. The number of methoxy groups -OCH3 is 1. The number of rotatable bonds is 8. The van der Waals surface area contributed by atoms with Crippen LogP contribution in [-0.2, 0) is 6.42 Å². The van der Waals surface area contributed by atoms with E-state index in [1.165, 1.54) is 0 Å². The average molecular weight is 328 g/mol. The molecule has 1 heterocycles. The summed E-state index contributed by atoms with van der Waals surface area (Å²) in [6.07, 6.45) is 3.24. The Balaban J connectivity index is 1.93. The summed E-state index contributed by atoms with van der Waals surface area (Å²) < 4.78 is 5.33. The second kappa shape index (κ2) is 8.86. The number of hydrogen-bond donors (Lipinski definition) is 2. The van der Waals surface area contributed by atoms with E-state index in [0.29, 0.717) is 18.2 Å². The van der Waals surface area contributed by atoms with Crippen molar-refractivity contribution in [3.05, 3.63) is 47.8 Å². The molecule has 0 fully saturated rings. The third kappa shape index (κ3) is 4.94. The number of benzene rings is 1. The SMILES string of the molecule is CCC(C)NC(=O)c1ccnc(NCCc2ccccc2OC)n1. The zero-order valence-electron chi connectivity index (χ0n) is 14.4. The molecular formula is C18H24N4O2. The molecule has 2 N–H and O–H groups in total. The highest BCUT2D eigenvalue weighted by Gasteiger charge is 2.11. The van der Waals surface area contributed by atoms with Crippen LogP contribution in [0.4, 0.5) is 5.95 Å². The van der Waals surface area contributed by atoms with E-state index in [9.17, 15) is 4.79 Å². The molecule has 1 atom stereocenters. The number of carbonyl (C=O) groups is 1. The van der Waals surface area contributed by atoms with Crippen LogP contribution in [0.3, 0.4) is 0 Å². The van der Waals surface area contributed by atoms with Crippen molar-refractivity contribution >= 4 is 11.9 Å². The van der Waals surface area contributed by atoms with Gasteiger partial charge in [0.2, 0.25) is 5.95 Å². The lowest BCUT2D eigenvalue weighted by Crippen LogP contribution is -2.32. The molecule has 2 aromatic rings. The third-order valence-electron chi connectivity index (χ3n) is 3.75. The molecule has 0 saturated carbocycles. The van der Waals surface area contributed by atoms with Gasteiger partial charge in [-0.25, -0.2) is 9.97 Å². The number of para-hydroxylation sites is 1. The van der Waals surface area contributed by atoms with E-state index < -0.39 is 0 Å². The maximum atomic E-state index is 12.1. The van der Waals surface area contributed by atoms with E-state index in [4.69, 9.17) is 4.74 Å². The molecule has 0 aliphatic carbocycles. The summed E-state index contributed by atoms with van der Waals surface area (Å²) >= 11 is 0. The summed E-state index contributed by atoms with van der Waals surface area (Å²) in [5.41, 5.74) is 1.48. The van der Waals surface area contributed by atoms with Crippen LogP contribution in [-0.4, -0.2) is 35.6 Å². The predicted octanol–water partition coefficient (Wildman–Crippen LogP) is 2.67. The fourth-order valence-corrected chi connectivity index (χ4v) is 2.19. The number of amides is 1. The number of aromatic nitrogens is 2. The lowest BCUT2D eigenvalue weighted by atomic mass is 10.1. The second-order valence-corrected chi connectivity index (χ2v) is 5.54. The Hall–Kier alpha value is -2.63. The molecule has 1 amide bonds. The molecule has 6 heteroatoms. The highest BCUT2D eigenvalue weighted by atomic mass is 16.5. The predicted molar refractivity (Wildman–Crippen MR) is 94.4 cm³/mol. The van der Waals surface area contributed by atoms with Crippen molar-refractivity contribution in [3.63, 3.8) is 0 Å². The number of anilines is 1. The van der Waals surface area contributed by atoms with Gasteiger partial charge in [0.15, 0.2) is 0 Å². The van der Waals surface area contributed by atoms with Gasteiger partial charge in [-0.15, -0.1) is 0 Å². The molecule has 0 saturated heterocycles. The summed E-state index contributed by atoms with van der Waals surface area (Å²) in [5.74, 6) is 1.13. The van der Waals surface area contributed by atoms with Crippen LogP contribution in [0.1, 0.15) is 36.3 Å². The van der Waals surface area contributed by atoms with Gasteiger partial charge in [-0.2, -0.15) is 0 Å². The fourth-order valence-electron chi connectivity index (χ4n) is 2.19. The summed E-state index contributed by atoms with van der Waals surface area (Å²) in [5, 5.41) is 6.05. The van der Waals surface area contributed by atoms with Crippen LogP contribution in [0.5, 0.6) is 5.75 Å². The van der Waals surface area contributed by atoms with Gasteiger partial charge in [0.25, 0.3) is 5.91 Å². The Bertz CT molecular complexity index is 676. The van der Waals surface area contributed by atoms with Crippen molar-refractivity contribution in [2.75, 3.05) is 19.0 Å². The van der Waals surface area contributed by atoms with Crippen molar-refractivity contribution in [1.82, 2.24) is 15.3 Å². The lowest BCUT2D eigenvalue weighted by molar-refractivity contribution is 0.0934. The standard InChI is InChI=1S/C18H24N4O2/c1-4-13(2)21-17(23)15-10-12-20-18(22-15)19-11-9-14-7-5-6-8-16(14)24-3/h5-8,10,12-13H,4,9,11H2,1-3H3,(H,21,23)(H,19,20,22). The molecular weight excluding hydrogens is 304 g/mol. The van der Waals surface area contributed by atoms with E-state index in [0.717, 1.165) is 24.2 Å². The first-order chi connectivity index (χ1) is 11.6. The highest BCUT2D eigenvalue weighted by molar-refractivity contribution is 5.92. The van der Waals surface area contributed by atoms with E-state index in [2.05, 4.69) is 20.6 Å². The van der Waals surface area contributed by atoms with Gasteiger partial charge < -0.3 is 15.4 Å². The van der Waals surface area contributed by atoms with Gasteiger partial charge in [-0.05, 0) is 37.5 Å². The van der Waals surface area contributed by atoms with E-state index in [1.807, 2.05) is 38.1 Å². The van der Waals surface area contributed by atoms with Crippen LogP contribution in [0.2, 0.25) is 0 Å². The first-order valence-corrected chi connectivity index (χ1v) is 8.13. The van der Waals surface area contributed by atoms with Gasteiger partial charge >= 0.3 is 0 Å². The monoisotopic (exact) mass is 328 g/mol. The Morgan fingerprint density at radius 2 is 2.08 bits per heavy atom. The Kier molecular flexibility index (Phi) is 6.54. The Morgan fingerprint density at radius 1 is 1.29 bits per heavy atom. The molecule has 128 valence electrons. The molecule has 1 unspecified atom stereocenters. The highest BCUT2D eigenvalue weighted by Crippen LogP contribution is 2.17. The Morgan fingerprint density at radius 3 is 2.83 bits per heavy atom. The summed E-state index contributed by atoms with van der Waals surface area (Å²) in [6.45, 7) is 4.64. The van der Waals surface area contributed by atoms with Crippen molar-refractivity contribution in [3.8, 4) is 5.75 Å². The van der Waals surface area contributed by atoms with Crippen LogP contribution < -0.4 is 15.4 Å². The molecule has 24 heavy (non-hydrogen) atoms. The average Bonchev–Trinajstić information content (AvgIpc) is 2.62.